The van der Waals surface area contributed by atoms with E-state index in [9.17, 15) is 13.2 Å². The quantitative estimate of drug-likeness (QED) is 0.844. The number of hydrogen-bond acceptors (Lipinski definition) is 5. The van der Waals surface area contributed by atoms with Crippen molar-refractivity contribution in [1.29, 1.82) is 0 Å². The number of nitrogens with zero attached hydrogens (tertiary/aromatic N) is 2. The first-order chi connectivity index (χ1) is 11.9. The standard InChI is InChI=1S/C17H27N3O4S/c1-3-5-13-6-7-14(24-13)10-19-8-9-20(17(21)18-4-2)16-12-25(22,23)11-15(16)19/h6-7,15-16H,3-5,8-12H2,1-2H3,(H,18,21)/t15-,16+/m1/s1. The second kappa shape index (κ2) is 7.37. The zero-order valence-electron chi connectivity index (χ0n) is 14.9. The number of urea groups is 1. The molecule has 0 saturated carbocycles. The largest absolute Gasteiger partial charge is 0.465 e. The normalized spacial score (nSPS) is 25.8. The van der Waals surface area contributed by atoms with Crippen LogP contribution in [0.25, 0.3) is 0 Å². The van der Waals surface area contributed by atoms with E-state index >= 15 is 0 Å². The number of sulfone groups is 1. The Morgan fingerprint density at radius 3 is 2.64 bits per heavy atom. The summed E-state index contributed by atoms with van der Waals surface area (Å²) in [5.41, 5.74) is 0. The minimum absolute atomic E-state index is 0.0462. The highest BCUT2D eigenvalue weighted by atomic mass is 32.2. The van der Waals surface area contributed by atoms with Gasteiger partial charge in [-0.2, -0.15) is 0 Å². The summed E-state index contributed by atoms with van der Waals surface area (Å²) >= 11 is 0. The lowest BCUT2D eigenvalue weighted by atomic mass is 10.0. The van der Waals surface area contributed by atoms with Gasteiger partial charge in [-0.3, -0.25) is 4.90 Å². The molecule has 8 heteroatoms. The topological polar surface area (TPSA) is 82.9 Å². The molecule has 2 fully saturated rings. The summed E-state index contributed by atoms with van der Waals surface area (Å²) in [7, 11) is -3.13. The average Bonchev–Trinajstić information content (AvgIpc) is 3.11. The Morgan fingerprint density at radius 2 is 1.92 bits per heavy atom. The second-order valence-corrected chi connectivity index (χ2v) is 8.98. The number of hydrogen-bond donors (Lipinski definition) is 1. The third-order valence-corrected chi connectivity index (χ3v) is 6.65. The molecule has 3 heterocycles. The van der Waals surface area contributed by atoms with E-state index in [4.69, 9.17) is 4.42 Å². The summed E-state index contributed by atoms with van der Waals surface area (Å²) in [6, 6.07) is 3.35. The number of furan rings is 1. The van der Waals surface area contributed by atoms with E-state index < -0.39 is 9.84 Å². The minimum atomic E-state index is -3.13. The molecule has 25 heavy (non-hydrogen) atoms. The first kappa shape index (κ1) is 18.3. The number of carbonyl (C=O) groups is 1. The predicted octanol–water partition coefficient (Wildman–Crippen LogP) is 1.24. The molecule has 1 aromatic heterocycles. The van der Waals surface area contributed by atoms with Gasteiger partial charge in [-0.15, -0.1) is 0 Å². The maximum absolute atomic E-state index is 12.3. The van der Waals surface area contributed by atoms with Crippen molar-refractivity contribution in [2.24, 2.45) is 0 Å². The Labute approximate surface area is 149 Å². The lowest BCUT2D eigenvalue weighted by Crippen LogP contribution is -2.61. The Balaban J connectivity index is 1.75. The van der Waals surface area contributed by atoms with Gasteiger partial charge < -0.3 is 14.6 Å². The molecule has 140 valence electrons. The van der Waals surface area contributed by atoms with Crippen molar-refractivity contribution in [1.82, 2.24) is 15.1 Å². The molecule has 2 aliphatic rings. The van der Waals surface area contributed by atoms with Gasteiger partial charge in [-0.1, -0.05) is 6.92 Å². The number of piperazine rings is 1. The smallest absolute Gasteiger partial charge is 0.317 e. The summed E-state index contributed by atoms with van der Waals surface area (Å²) in [5, 5.41) is 2.79. The van der Waals surface area contributed by atoms with Crippen molar-refractivity contribution in [3.05, 3.63) is 23.7 Å². The highest BCUT2D eigenvalue weighted by Crippen LogP contribution is 2.28. The van der Waals surface area contributed by atoms with E-state index in [1.807, 2.05) is 19.1 Å². The van der Waals surface area contributed by atoms with Gasteiger partial charge in [0.25, 0.3) is 0 Å². The first-order valence-electron chi connectivity index (χ1n) is 9.00. The van der Waals surface area contributed by atoms with Crippen molar-refractivity contribution in [2.75, 3.05) is 31.1 Å². The van der Waals surface area contributed by atoms with Gasteiger partial charge in [0.2, 0.25) is 0 Å². The van der Waals surface area contributed by atoms with Crippen LogP contribution in [0, 0.1) is 0 Å². The highest BCUT2D eigenvalue weighted by molar-refractivity contribution is 7.91. The van der Waals surface area contributed by atoms with Gasteiger partial charge in [-0.05, 0) is 25.5 Å². The van der Waals surface area contributed by atoms with Crippen LogP contribution in [-0.4, -0.2) is 67.5 Å². The minimum Gasteiger partial charge on any atom is -0.465 e. The van der Waals surface area contributed by atoms with E-state index in [-0.39, 0.29) is 29.6 Å². The van der Waals surface area contributed by atoms with Gasteiger partial charge in [0.05, 0.1) is 24.1 Å². The average molecular weight is 369 g/mol. The molecule has 1 N–H and O–H groups in total. The van der Waals surface area contributed by atoms with Crippen LogP contribution in [-0.2, 0) is 22.8 Å². The molecule has 0 unspecified atom stereocenters. The molecule has 1 aromatic rings. The zero-order valence-corrected chi connectivity index (χ0v) is 15.7. The number of carbonyl (C=O) groups excluding carboxylic acids is 1. The molecular formula is C17H27N3O4S. The van der Waals surface area contributed by atoms with E-state index in [1.54, 1.807) is 4.90 Å². The predicted molar refractivity (Wildman–Crippen MR) is 95.1 cm³/mol. The summed E-state index contributed by atoms with van der Waals surface area (Å²) in [6.45, 7) is 6.28. The number of amides is 2. The second-order valence-electron chi connectivity index (χ2n) is 6.83. The molecule has 2 aliphatic heterocycles. The number of aryl methyl sites for hydroxylation is 1. The Kier molecular flexibility index (Phi) is 5.38. The summed E-state index contributed by atoms with van der Waals surface area (Å²) < 4.78 is 30.3. The molecule has 7 nitrogen and oxygen atoms in total. The fourth-order valence-electron chi connectivity index (χ4n) is 3.81. The molecule has 0 aliphatic carbocycles. The first-order valence-corrected chi connectivity index (χ1v) is 10.8. The molecule has 0 aromatic carbocycles. The van der Waals surface area contributed by atoms with Crippen LogP contribution in [0.2, 0.25) is 0 Å². The number of fused-ring (bicyclic) bond motifs is 1. The molecular weight excluding hydrogens is 342 g/mol. The van der Waals surface area contributed by atoms with Gasteiger partial charge in [0.15, 0.2) is 9.84 Å². The van der Waals surface area contributed by atoms with Crippen molar-refractivity contribution >= 4 is 15.9 Å². The highest BCUT2D eigenvalue weighted by Gasteiger charge is 2.48. The monoisotopic (exact) mass is 369 g/mol. The lowest BCUT2D eigenvalue weighted by molar-refractivity contribution is 0.0563. The fraction of sp³-hybridized carbons (Fsp3) is 0.706. The molecule has 3 rings (SSSR count). The van der Waals surface area contributed by atoms with Crippen LogP contribution in [0.1, 0.15) is 31.8 Å². The third kappa shape index (κ3) is 4.00. The Morgan fingerprint density at radius 1 is 1.20 bits per heavy atom. The Bertz CT molecular complexity index is 715. The van der Waals surface area contributed by atoms with Crippen molar-refractivity contribution in [3.63, 3.8) is 0 Å². The van der Waals surface area contributed by atoms with Gasteiger partial charge >= 0.3 is 6.03 Å². The van der Waals surface area contributed by atoms with Crippen LogP contribution in [0.5, 0.6) is 0 Å². The van der Waals surface area contributed by atoms with Crippen LogP contribution in [0.4, 0.5) is 4.79 Å². The van der Waals surface area contributed by atoms with E-state index in [1.165, 1.54) is 0 Å². The van der Waals surface area contributed by atoms with Crippen molar-refractivity contribution in [2.45, 2.75) is 45.3 Å². The molecule has 0 spiro atoms. The SMILES string of the molecule is CCCc1ccc(CN2CCN(C(=O)NCC)[C@H]3CS(=O)(=O)C[C@H]32)o1. The van der Waals surface area contributed by atoms with E-state index in [2.05, 4.69) is 17.1 Å². The number of rotatable bonds is 5. The fourth-order valence-corrected chi connectivity index (χ4v) is 5.83. The maximum atomic E-state index is 12.3. The van der Waals surface area contributed by atoms with Crippen LogP contribution in [0.15, 0.2) is 16.5 Å². The Hall–Kier alpha value is -1.54. The van der Waals surface area contributed by atoms with E-state index in [0.717, 1.165) is 24.4 Å². The van der Waals surface area contributed by atoms with Gasteiger partial charge in [0, 0.05) is 32.1 Å². The van der Waals surface area contributed by atoms with Crippen LogP contribution >= 0.6 is 0 Å². The van der Waals surface area contributed by atoms with Crippen molar-refractivity contribution < 1.29 is 17.6 Å². The zero-order chi connectivity index (χ0) is 18.0. The van der Waals surface area contributed by atoms with E-state index in [0.29, 0.717) is 26.2 Å². The van der Waals surface area contributed by atoms with Crippen LogP contribution in [0.3, 0.4) is 0 Å². The summed E-state index contributed by atoms with van der Waals surface area (Å²) in [5.74, 6) is 1.98. The summed E-state index contributed by atoms with van der Waals surface area (Å²) in [4.78, 5) is 16.1. The van der Waals surface area contributed by atoms with Crippen molar-refractivity contribution in [3.8, 4) is 0 Å². The summed E-state index contributed by atoms with van der Waals surface area (Å²) in [6.07, 6.45) is 1.94. The van der Waals surface area contributed by atoms with Gasteiger partial charge in [0.1, 0.15) is 11.5 Å². The number of nitrogens with one attached hydrogen (secondary N) is 1. The molecule has 2 saturated heterocycles. The lowest BCUT2D eigenvalue weighted by Gasteiger charge is -2.43. The maximum Gasteiger partial charge on any atom is 0.317 e. The molecule has 2 amide bonds. The molecule has 0 bridgehead atoms. The van der Waals surface area contributed by atoms with Crippen LogP contribution < -0.4 is 5.32 Å². The molecule has 0 radical (unpaired) electrons. The third-order valence-electron chi connectivity index (χ3n) is 4.95. The van der Waals surface area contributed by atoms with Gasteiger partial charge in [-0.25, -0.2) is 13.2 Å². The molecule has 2 atom stereocenters.